The third-order valence-corrected chi connectivity index (χ3v) is 4.22. The highest BCUT2D eigenvalue weighted by Gasteiger charge is 2.14. The Labute approximate surface area is 148 Å². The van der Waals surface area contributed by atoms with Crippen LogP contribution >= 0.6 is 0 Å². The molecule has 0 fully saturated rings. The van der Waals surface area contributed by atoms with Crippen LogP contribution in [-0.2, 0) is 13.0 Å². The van der Waals surface area contributed by atoms with Gasteiger partial charge in [-0.05, 0) is 24.5 Å². The first-order valence-corrected chi connectivity index (χ1v) is 8.59. The number of aromatic amines is 1. The average molecular weight is 333 g/mol. The summed E-state index contributed by atoms with van der Waals surface area (Å²) in [6.45, 7) is 4.58. The van der Waals surface area contributed by atoms with Crippen molar-refractivity contribution in [2.75, 3.05) is 0 Å². The van der Waals surface area contributed by atoms with Crippen LogP contribution < -0.4 is 10.9 Å². The zero-order valence-corrected chi connectivity index (χ0v) is 14.6. The highest BCUT2D eigenvalue weighted by atomic mass is 16.1. The highest BCUT2D eigenvalue weighted by Crippen LogP contribution is 2.22. The smallest absolute Gasteiger partial charge is 0.251 e. The summed E-state index contributed by atoms with van der Waals surface area (Å²) >= 11 is 0. The quantitative estimate of drug-likeness (QED) is 0.726. The van der Waals surface area contributed by atoms with Gasteiger partial charge in [-0.25, -0.2) is 4.98 Å². The molecule has 0 aliphatic carbocycles. The van der Waals surface area contributed by atoms with Gasteiger partial charge in [0.25, 0.3) is 5.56 Å². The second kappa shape index (κ2) is 7.90. The molecule has 0 spiro atoms. The van der Waals surface area contributed by atoms with Crippen LogP contribution in [0.2, 0.25) is 0 Å². The molecule has 25 heavy (non-hydrogen) atoms. The van der Waals surface area contributed by atoms with Crippen LogP contribution in [0.25, 0.3) is 0 Å². The van der Waals surface area contributed by atoms with Crippen molar-refractivity contribution in [3.05, 3.63) is 99.2 Å². The lowest BCUT2D eigenvalue weighted by Gasteiger charge is -2.20. The fourth-order valence-corrected chi connectivity index (χ4v) is 2.86. The molecule has 3 rings (SSSR count). The highest BCUT2D eigenvalue weighted by molar-refractivity contribution is 5.33. The van der Waals surface area contributed by atoms with Crippen LogP contribution in [0, 0.1) is 6.92 Å². The van der Waals surface area contributed by atoms with Crippen molar-refractivity contribution < 1.29 is 0 Å². The lowest BCUT2D eigenvalue weighted by molar-refractivity contribution is 0.583. The zero-order valence-electron chi connectivity index (χ0n) is 14.6. The Morgan fingerprint density at radius 2 is 1.72 bits per heavy atom. The summed E-state index contributed by atoms with van der Waals surface area (Å²) in [7, 11) is 0. The van der Waals surface area contributed by atoms with E-state index in [1.165, 1.54) is 16.7 Å². The minimum Gasteiger partial charge on any atom is -0.309 e. The summed E-state index contributed by atoms with van der Waals surface area (Å²) in [5.41, 5.74) is 4.31. The molecule has 4 nitrogen and oxygen atoms in total. The SMILES string of the molecule is CCc1cc(=O)[nH]c(CN[C@H](c2ccccc2)c2ccc(C)cc2)n1. The molecule has 0 unspecified atom stereocenters. The summed E-state index contributed by atoms with van der Waals surface area (Å²) in [5, 5.41) is 3.53. The number of aromatic nitrogens is 2. The third-order valence-electron chi connectivity index (χ3n) is 4.22. The van der Waals surface area contributed by atoms with E-state index in [-0.39, 0.29) is 11.6 Å². The van der Waals surface area contributed by atoms with E-state index in [4.69, 9.17) is 0 Å². The number of nitrogens with one attached hydrogen (secondary N) is 2. The second-order valence-corrected chi connectivity index (χ2v) is 6.17. The Balaban J connectivity index is 1.87. The molecule has 0 aliphatic heterocycles. The van der Waals surface area contributed by atoms with E-state index < -0.39 is 0 Å². The van der Waals surface area contributed by atoms with Gasteiger partial charge in [-0.1, -0.05) is 67.1 Å². The van der Waals surface area contributed by atoms with Crippen molar-refractivity contribution in [2.45, 2.75) is 32.9 Å². The molecule has 0 radical (unpaired) electrons. The number of aryl methyl sites for hydroxylation is 2. The first-order valence-electron chi connectivity index (χ1n) is 8.59. The molecule has 4 heteroatoms. The van der Waals surface area contributed by atoms with Crippen LogP contribution in [0.5, 0.6) is 0 Å². The van der Waals surface area contributed by atoms with Gasteiger partial charge in [-0.15, -0.1) is 0 Å². The van der Waals surface area contributed by atoms with E-state index in [1.54, 1.807) is 6.07 Å². The van der Waals surface area contributed by atoms with Crippen molar-refractivity contribution >= 4 is 0 Å². The Morgan fingerprint density at radius 3 is 2.40 bits per heavy atom. The van der Waals surface area contributed by atoms with Gasteiger partial charge in [-0.3, -0.25) is 10.1 Å². The number of hydrogen-bond acceptors (Lipinski definition) is 3. The zero-order chi connectivity index (χ0) is 17.6. The first kappa shape index (κ1) is 17.1. The largest absolute Gasteiger partial charge is 0.309 e. The Hall–Kier alpha value is -2.72. The molecular weight excluding hydrogens is 310 g/mol. The van der Waals surface area contributed by atoms with Gasteiger partial charge in [0.2, 0.25) is 0 Å². The molecule has 0 saturated carbocycles. The van der Waals surface area contributed by atoms with E-state index in [0.717, 1.165) is 12.1 Å². The normalized spacial score (nSPS) is 12.1. The van der Waals surface area contributed by atoms with Gasteiger partial charge in [0.05, 0.1) is 12.6 Å². The van der Waals surface area contributed by atoms with Gasteiger partial charge >= 0.3 is 0 Å². The maximum Gasteiger partial charge on any atom is 0.251 e. The van der Waals surface area contributed by atoms with Crippen molar-refractivity contribution in [3.8, 4) is 0 Å². The summed E-state index contributed by atoms with van der Waals surface area (Å²) in [5.74, 6) is 0.664. The fourth-order valence-electron chi connectivity index (χ4n) is 2.86. The Morgan fingerprint density at radius 1 is 1.04 bits per heavy atom. The molecule has 1 aromatic heterocycles. The molecule has 0 saturated heterocycles. The maximum absolute atomic E-state index is 11.8. The minimum absolute atomic E-state index is 0.0392. The fraction of sp³-hybridized carbons (Fsp3) is 0.238. The molecule has 0 amide bonds. The standard InChI is InChI=1S/C21H23N3O/c1-3-18-13-20(25)24-19(23-18)14-22-21(16-7-5-4-6-8-16)17-11-9-15(2)10-12-17/h4-13,21-22H,3,14H2,1-2H3,(H,23,24,25)/t21-/m1/s1. The summed E-state index contributed by atoms with van der Waals surface area (Å²) < 4.78 is 0. The predicted molar refractivity (Wildman–Crippen MR) is 101 cm³/mol. The van der Waals surface area contributed by atoms with Crippen LogP contribution in [0.3, 0.4) is 0 Å². The molecule has 3 aromatic rings. The Kier molecular flexibility index (Phi) is 5.41. The molecule has 1 heterocycles. The van der Waals surface area contributed by atoms with Crippen LogP contribution in [0.4, 0.5) is 0 Å². The van der Waals surface area contributed by atoms with Gasteiger partial charge in [0.15, 0.2) is 0 Å². The third kappa shape index (κ3) is 4.43. The monoisotopic (exact) mass is 333 g/mol. The molecule has 1 atom stereocenters. The molecular formula is C21H23N3O. The number of H-pyrrole nitrogens is 1. The molecule has 2 aromatic carbocycles. The van der Waals surface area contributed by atoms with Crippen molar-refractivity contribution in [3.63, 3.8) is 0 Å². The number of nitrogens with zero attached hydrogens (tertiary/aromatic N) is 1. The number of hydrogen-bond donors (Lipinski definition) is 2. The summed E-state index contributed by atoms with van der Waals surface area (Å²) in [6, 6.07) is 20.4. The molecule has 128 valence electrons. The summed E-state index contributed by atoms with van der Waals surface area (Å²) in [6.07, 6.45) is 0.747. The second-order valence-electron chi connectivity index (χ2n) is 6.17. The van der Waals surface area contributed by atoms with E-state index in [2.05, 4.69) is 58.6 Å². The summed E-state index contributed by atoms with van der Waals surface area (Å²) in [4.78, 5) is 19.1. The van der Waals surface area contributed by atoms with Crippen molar-refractivity contribution in [1.29, 1.82) is 0 Å². The van der Waals surface area contributed by atoms with Crippen molar-refractivity contribution in [2.24, 2.45) is 0 Å². The van der Waals surface area contributed by atoms with Crippen LogP contribution in [-0.4, -0.2) is 9.97 Å². The van der Waals surface area contributed by atoms with E-state index in [0.29, 0.717) is 12.4 Å². The predicted octanol–water partition coefficient (Wildman–Crippen LogP) is 3.52. The van der Waals surface area contributed by atoms with Gasteiger partial charge < -0.3 is 4.98 Å². The minimum atomic E-state index is -0.102. The topological polar surface area (TPSA) is 57.8 Å². The van der Waals surface area contributed by atoms with E-state index in [1.807, 2.05) is 25.1 Å². The molecule has 0 aliphatic rings. The van der Waals surface area contributed by atoms with Gasteiger partial charge in [-0.2, -0.15) is 0 Å². The Bertz CT molecular complexity index is 870. The molecule has 0 bridgehead atoms. The molecule has 2 N–H and O–H groups in total. The lowest BCUT2D eigenvalue weighted by Crippen LogP contribution is -2.25. The van der Waals surface area contributed by atoms with Crippen LogP contribution in [0.1, 0.15) is 41.2 Å². The van der Waals surface area contributed by atoms with E-state index in [9.17, 15) is 4.79 Å². The number of rotatable bonds is 6. The van der Waals surface area contributed by atoms with Crippen LogP contribution in [0.15, 0.2) is 65.5 Å². The maximum atomic E-state index is 11.8. The average Bonchev–Trinajstić information content (AvgIpc) is 2.64. The first-order chi connectivity index (χ1) is 12.2. The van der Waals surface area contributed by atoms with Gasteiger partial charge in [0, 0.05) is 11.8 Å². The number of benzene rings is 2. The van der Waals surface area contributed by atoms with E-state index >= 15 is 0 Å². The lowest BCUT2D eigenvalue weighted by atomic mass is 9.98. The van der Waals surface area contributed by atoms with Crippen molar-refractivity contribution in [1.82, 2.24) is 15.3 Å². The van der Waals surface area contributed by atoms with Gasteiger partial charge in [0.1, 0.15) is 5.82 Å².